The van der Waals surface area contributed by atoms with E-state index in [9.17, 15) is 0 Å². The fourth-order valence-electron chi connectivity index (χ4n) is 0.661. The zero-order chi connectivity index (χ0) is 5.40. The Morgan fingerprint density at radius 3 is 3.38 bits per heavy atom. The Morgan fingerprint density at radius 1 is 1.50 bits per heavy atom. The van der Waals surface area contributed by atoms with Crippen LogP contribution in [0.5, 0.6) is 0 Å². The quantitative estimate of drug-likeness (QED) is 0.502. The summed E-state index contributed by atoms with van der Waals surface area (Å²) in [5.41, 5.74) is 0. The van der Waals surface area contributed by atoms with Gasteiger partial charge in [-0.2, -0.15) is 0 Å². The lowest BCUT2D eigenvalue weighted by atomic mass is 10.9. The molecule has 0 saturated heterocycles. The predicted molar refractivity (Wildman–Crippen MR) is 27.5 cm³/mol. The average Bonchev–Trinajstić information content (AvgIpc) is 2.15. The van der Waals surface area contributed by atoms with Crippen LogP contribution in [0.2, 0.25) is 0 Å². The minimum atomic E-state index is 0.644. The molecule has 8 heavy (non-hydrogen) atoms. The Hall–Kier alpha value is -1.25. The first kappa shape index (κ1) is 3.72. The summed E-state index contributed by atoms with van der Waals surface area (Å²) in [4.78, 5) is 3.88. The number of hydrogen-bond donors (Lipinski definition) is 0. The molecule has 0 bridgehead atoms. The van der Waals surface area contributed by atoms with E-state index in [1.165, 1.54) is 0 Å². The van der Waals surface area contributed by atoms with E-state index < -0.39 is 0 Å². The predicted octanol–water partition coefficient (Wildman–Crippen LogP) is 0.927. The Balaban J connectivity index is 3.06. The Kier molecular flexibility index (Phi) is 0.521. The number of rotatable bonds is 0. The molecule has 2 aromatic heterocycles. The van der Waals surface area contributed by atoms with Crippen molar-refractivity contribution >= 4 is 5.84 Å². The van der Waals surface area contributed by atoms with Crippen molar-refractivity contribution < 1.29 is 4.42 Å². The molecule has 0 N–H and O–H groups in total. The van der Waals surface area contributed by atoms with E-state index in [-0.39, 0.29) is 0 Å². The van der Waals surface area contributed by atoms with Gasteiger partial charge in [-0.1, -0.05) is 0 Å². The summed E-state index contributed by atoms with van der Waals surface area (Å²) >= 11 is 0. The van der Waals surface area contributed by atoms with Crippen LogP contribution in [0.25, 0.3) is 5.84 Å². The molecule has 2 heterocycles. The molecule has 40 valence electrons. The first-order valence-electron chi connectivity index (χ1n) is 2.33. The molecular formula is C5H4N2O. The van der Waals surface area contributed by atoms with Crippen LogP contribution >= 0.6 is 0 Å². The van der Waals surface area contributed by atoms with Gasteiger partial charge in [0, 0.05) is 18.6 Å². The molecule has 0 unspecified atom stereocenters. The van der Waals surface area contributed by atoms with Gasteiger partial charge in [0.15, 0.2) is 0 Å². The second-order valence-electron chi connectivity index (χ2n) is 1.52. The summed E-state index contributed by atoms with van der Waals surface area (Å²) in [6.07, 6.45) is 6.93. The molecule has 0 aliphatic rings. The molecule has 0 atom stereocenters. The van der Waals surface area contributed by atoms with Gasteiger partial charge in [-0.3, -0.25) is 4.40 Å². The van der Waals surface area contributed by atoms with Crippen LogP contribution < -0.4 is 0 Å². The molecule has 2 aromatic rings. The smallest absolute Gasteiger partial charge is 0.305 e. The van der Waals surface area contributed by atoms with Gasteiger partial charge in [-0.15, -0.1) is 0 Å². The van der Waals surface area contributed by atoms with E-state index in [4.69, 9.17) is 4.42 Å². The number of fused-ring (bicyclic) bond motifs is 1. The van der Waals surface area contributed by atoms with E-state index in [1.54, 1.807) is 16.9 Å². The van der Waals surface area contributed by atoms with Gasteiger partial charge in [0.05, 0.1) is 0 Å². The van der Waals surface area contributed by atoms with Crippen LogP contribution in [0.3, 0.4) is 0 Å². The maximum Gasteiger partial charge on any atom is 0.305 e. The minimum absolute atomic E-state index is 0.644. The van der Waals surface area contributed by atoms with Gasteiger partial charge in [-0.25, -0.2) is 4.98 Å². The van der Waals surface area contributed by atoms with Gasteiger partial charge in [0.25, 0.3) is 0 Å². The zero-order valence-electron chi connectivity index (χ0n) is 4.11. The summed E-state index contributed by atoms with van der Waals surface area (Å²) in [6, 6.07) is 0. The van der Waals surface area contributed by atoms with Crippen LogP contribution in [0.1, 0.15) is 0 Å². The van der Waals surface area contributed by atoms with E-state index in [2.05, 4.69) is 4.98 Å². The lowest BCUT2D eigenvalue weighted by molar-refractivity contribution is 0.596. The average molecular weight is 108 g/mol. The summed E-state index contributed by atoms with van der Waals surface area (Å²) in [5, 5.41) is 0. The third-order valence-electron chi connectivity index (χ3n) is 1.03. The van der Waals surface area contributed by atoms with Gasteiger partial charge >= 0.3 is 5.84 Å². The molecule has 0 aromatic carbocycles. The number of nitrogens with zero attached hydrogens (tertiary/aromatic N) is 2. The lowest BCUT2D eigenvalue weighted by Gasteiger charge is -1.69. The van der Waals surface area contributed by atoms with Crippen LogP contribution in [-0.4, -0.2) is 9.38 Å². The third-order valence-corrected chi connectivity index (χ3v) is 1.03. The minimum Gasteiger partial charge on any atom is -0.432 e. The number of hydrogen-bond acceptors (Lipinski definition) is 2. The summed E-state index contributed by atoms with van der Waals surface area (Å²) in [7, 11) is 0. The zero-order valence-corrected chi connectivity index (χ0v) is 4.11. The normalized spacial score (nSPS) is 10.5. The van der Waals surface area contributed by atoms with Crippen LogP contribution in [0.15, 0.2) is 29.3 Å². The van der Waals surface area contributed by atoms with Crippen molar-refractivity contribution in [2.75, 3.05) is 0 Å². The monoisotopic (exact) mass is 108 g/mol. The Bertz CT molecular complexity index is 232. The molecule has 0 aliphatic heterocycles. The lowest BCUT2D eigenvalue weighted by Crippen LogP contribution is -1.67. The number of aromatic nitrogens is 2. The molecule has 0 amide bonds. The molecule has 0 fully saturated rings. The highest BCUT2D eigenvalue weighted by molar-refractivity contribution is 5.20. The first-order valence-corrected chi connectivity index (χ1v) is 2.33. The molecule has 2 rings (SSSR count). The van der Waals surface area contributed by atoms with Crippen LogP contribution in [-0.2, 0) is 0 Å². The van der Waals surface area contributed by atoms with Crippen molar-refractivity contribution in [3.8, 4) is 0 Å². The highest BCUT2D eigenvalue weighted by Crippen LogP contribution is 1.97. The Labute approximate surface area is 45.6 Å². The number of oxazole rings is 1. The van der Waals surface area contributed by atoms with E-state index >= 15 is 0 Å². The largest absolute Gasteiger partial charge is 0.432 e. The van der Waals surface area contributed by atoms with Crippen molar-refractivity contribution in [3.05, 3.63) is 24.9 Å². The fourth-order valence-corrected chi connectivity index (χ4v) is 0.661. The second-order valence-corrected chi connectivity index (χ2v) is 1.52. The molecule has 0 radical (unpaired) electrons. The Morgan fingerprint density at radius 2 is 2.50 bits per heavy atom. The molecule has 0 spiro atoms. The van der Waals surface area contributed by atoms with E-state index in [1.807, 2.05) is 12.4 Å². The maximum absolute atomic E-state index is 4.91. The molecule has 0 aliphatic carbocycles. The van der Waals surface area contributed by atoms with Gasteiger partial charge in [0.2, 0.25) is 0 Å². The SMILES string of the molecule is c1cn2ccoc2n1. The maximum atomic E-state index is 4.91. The first-order chi connectivity index (χ1) is 3.97. The molecular weight excluding hydrogens is 104 g/mol. The molecule has 0 saturated carbocycles. The summed E-state index contributed by atoms with van der Waals surface area (Å²) < 4.78 is 6.72. The van der Waals surface area contributed by atoms with Crippen molar-refractivity contribution in [2.45, 2.75) is 0 Å². The van der Waals surface area contributed by atoms with E-state index in [0.29, 0.717) is 5.84 Å². The summed E-state index contributed by atoms with van der Waals surface area (Å²) in [5.74, 6) is 0.644. The third kappa shape index (κ3) is 0.307. The number of imidazole rings is 1. The van der Waals surface area contributed by atoms with Crippen molar-refractivity contribution in [3.63, 3.8) is 0 Å². The van der Waals surface area contributed by atoms with E-state index in [0.717, 1.165) is 0 Å². The van der Waals surface area contributed by atoms with Gasteiger partial charge in [0.1, 0.15) is 6.26 Å². The summed E-state index contributed by atoms with van der Waals surface area (Å²) in [6.45, 7) is 0. The van der Waals surface area contributed by atoms with Gasteiger partial charge < -0.3 is 4.42 Å². The topological polar surface area (TPSA) is 30.4 Å². The van der Waals surface area contributed by atoms with Crippen LogP contribution in [0, 0.1) is 0 Å². The highest BCUT2D eigenvalue weighted by atomic mass is 16.3. The second kappa shape index (κ2) is 1.12. The van der Waals surface area contributed by atoms with Crippen molar-refractivity contribution in [1.29, 1.82) is 0 Å². The standard InChI is InChI=1S/C5H4N2O/c1-2-7-3-4-8-5(7)6-1/h1-4H. The molecule has 3 nitrogen and oxygen atoms in total. The van der Waals surface area contributed by atoms with Crippen molar-refractivity contribution in [1.82, 2.24) is 9.38 Å². The van der Waals surface area contributed by atoms with Crippen molar-refractivity contribution in [2.24, 2.45) is 0 Å². The fraction of sp³-hybridized carbons (Fsp3) is 0. The highest BCUT2D eigenvalue weighted by Gasteiger charge is 1.90. The molecule has 3 heteroatoms. The van der Waals surface area contributed by atoms with Crippen LogP contribution in [0.4, 0.5) is 0 Å². The van der Waals surface area contributed by atoms with Gasteiger partial charge in [-0.05, 0) is 0 Å².